The summed E-state index contributed by atoms with van der Waals surface area (Å²) in [6.45, 7) is 2.14. The normalized spacial score (nSPS) is 12.3. The molecule has 2 aromatic carbocycles. The van der Waals surface area contributed by atoms with Gasteiger partial charge in [-0.25, -0.2) is 0 Å². The second-order valence-electron chi connectivity index (χ2n) is 5.67. The average Bonchev–Trinajstić information content (AvgIpc) is 2.46. The smallest absolute Gasteiger partial charge is 0.00421 e. The van der Waals surface area contributed by atoms with Crippen molar-refractivity contribution in [3.8, 4) is 0 Å². The van der Waals surface area contributed by atoms with Gasteiger partial charge in [0.2, 0.25) is 0 Å². The monoisotopic (exact) mass is 267 g/mol. The Kier molecular flexibility index (Phi) is 5.82. The lowest BCUT2D eigenvalue weighted by Gasteiger charge is -2.11. The largest absolute Gasteiger partial charge is 0.328 e. The molecule has 0 heterocycles. The Balaban J connectivity index is 1.67. The van der Waals surface area contributed by atoms with Crippen LogP contribution in [0.2, 0.25) is 0 Å². The van der Waals surface area contributed by atoms with Crippen molar-refractivity contribution in [2.45, 2.75) is 45.1 Å². The number of aryl methyl sites for hydroxylation is 3. The third kappa shape index (κ3) is 5.18. The summed E-state index contributed by atoms with van der Waals surface area (Å²) in [5.74, 6) is 0. The summed E-state index contributed by atoms with van der Waals surface area (Å²) >= 11 is 0. The van der Waals surface area contributed by atoms with Crippen molar-refractivity contribution in [3.63, 3.8) is 0 Å². The van der Waals surface area contributed by atoms with E-state index >= 15 is 0 Å². The van der Waals surface area contributed by atoms with Gasteiger partial charge in [-0.15, -0.1) is 0 Å². The predicted octanol–water partition coefficient (Wildman–Crippen LogP) is 4.28. The van der Waals surface area contributed by atoms with E-state index in [1.54, 1.807) is 0 Å². The maximum atomic E-state index is 6.22. The fraction of sp³-hybridized carbons (Fsp3) is 0.368. The molecule has 0 aliphatic rings. The van der Waals surface area contributed by atoms with E-state index < -0.39 is 0 Å². The van der Waals surface area contributed by atoms with Crippen molar-refractivity contribution in [1.82, 2.24) is 0 Å². The molecule has 1 nitrogen and oxygen atoms in total. The highest BCUT2D eigenvalue weighted by molar-refractivity contribution is 5.22. The number of rotatable bonds is 7. The molecule has 0 fully saturated rings. The van der Waals surface area contributed by atoms with Gasteiger partial charge in [0.15, 0.2) is 0 Å². The first-order valence-corrected chi connectivity index (χ1v) is 7.59. The zero-order valence-electron chi connectivity index (χ0n) is 12.4. The van der Waals surface area contributed by atoms with E-state index in [1.807, 2.05) is 0 Å². The van der Waals surface area contributed by atoms with Crippen molar-refractivity contribution in [2.24, 2.45) is 5.73 Å². The second-order valence-corrected chi connectivity index (χ2v) is 5.67. The summed E-state index contributed by atoms with van der Waals surface area (Å²) in [7, 11) is 0. The van der Waals surface area contributed by atoms with Gasteiger partial charge in [-0.2, -0.15) is 0 Å². The molecule has 2 N–H and O–H groups in total. The molecule has 0 aromatic heterocycles. The van der Waals surface area contributed by atoms with Crippen molar-refractivity contribution in [2.75, 3.05) is 0 Å². The average molecular weight is 267 g/mol. The van der Waals surface area contributed by atoms with Gasteiger partial charge >= 0.3 is 0 Å². The fourth-order valence-electron chi connectivity index (χ4n) is 2.58. The lowest BCUT2D eigenvalue weighted by Crippen LogP contribution is -2.20. The number of hydrogen-bond donors (Lipinski definition) is 1. The lowest BCUT2D eigenvalue weighted by atomic mass is 9.99. The molecule has 0 bridgehead atoms. The molecule has 2 aromatic rings. The van der Waals surface area contributed by atoms with Crippen LogP contribution >= 0.6 is 0 Å². The highest BCUT2D eigenvalue weighted by Crippen LogP contribution is 2.11. The molecule has 0 aliphatic heterocycles. The van der Waals surface area contributed by atoms with E-state index in [2.05, 4.69) is 61.5 Å². The van der Waals surface area contributed by atoms with Gasteiger partial charge in [-0.05, 0) is 50.2 Å². The molecule has 0 saturated heterocycles. The van der Waals surface area contributed by atoms with Crippen LogP contribution in [-0.2, 0) is 12.8 Å². The van der Waals surface area contributed by atoms with Crippen LogP contribution in [0, 0.1) is 6.92 Å². The quantitative estimate of drug-likeness (QED) is 0.796. The molecule has 0 aliphatic carbocycles. The van der Waals surface area contributed by atoms with Crippen molar-refractivity contribution in [3.05, 3.63) is 71.3 Å². The molecule has 0 radical (unpaired) electrons. The van der Waals surface area contributed by atoms with E-state index in [0.717, 1.165) is 25.7 Å². The zero-order chi connectivity index (χ0) is 14.2. The van der Waals surface area contributed by atoms with E-state index in [0.29, 0.717) is 6.04 Å². The highest BCUT2D eigenvalue weighted by atomic mass is 14.6. The number of benzene rings is 2. The van der Waals surface area contributed by atoms with Crippen molar-refractivity contribution >= 4 is 0 Å². The van der Waals surface area contributed by atoms with E-state index in [-0.39, 0.29) is 0 Å². The Morgan fingerprint density at radius 1 is 0.850 bits per heavy atom. The van der Waals surface area contributed by atoms with Crippen LogP contribution in [0.5, 0.6) is 0 Å². The van der Waals surface area contributed by atoms with Crippen molar-refractivity contribution in [1.29, 1.82) is 0 Å². The first-order valence-electron chi connectivity index (χ1n) is 7.59. The molecule has 1 atom stereocenters. The Morgan fingerprint density at radius 3 is 2.35 bits per heavy atom. The zero-order valence-corrected chi connectivity index (χ0v) is 12.4. The summed E-state index contributed by atoms with van der Waals surface area (Å²) in [6, 6.07) is 19.7. The highest BCUT2D eigenvalue weighted by Gasteiger charge is 2.04. The predicted molar refractivity (Wildman–Crippen MR) is 86.9 cm³/mol. The third-order valence-corrected chi connectivity index (χ3v) is 3.77. The number of nitrogens with two attached hydrogens (primary N) is 1. The summed E-state index contributed by atoms with van der Waals surface area (Å²) in [6.07, 6.45) is 5.60. The molecule has 106 valence electrons. The third-order valence-electron chi connectivity index (χ3n) is 3.77. The minimum atomic E-state index is 0.319. The van der Waals surface area contributed by atoms with Gasteiger partial charge in [0, 0.05) is 6.04 Å². The summed E-state index contributed by atoms with van der Waals surface area (Å²) in [4.78, 5) is 0. The minimum Gasteiger partial charge on any atom is -0.328 e. The Labute approximate surface area is 122 Å². The standard InChI is InChI=1S/C19H25N/c1-16-7-5-11-18(15-16)13-14-19(20)12-6-10-17-8-3-2-4-9-17/h2-5,7-9,11,15,19H,6,10,12-14,20H2,1H3. The summed E-state index contributed by atoms with van der Waals surface area (Å²) < 4.78 is 0. The van der Waals surface area contributed by atoms with Crippen LogP contribution in [0.3, 0.4) is 0 Å². The molecule has 0 saturated carbocycles. The van der Waals surface area contributed by atoms with Gasteiger partial charge < -0.3 is 5.73 Å². The van der Waals surface area contributed by atoms with Crippen LogP contribution in [-0.4, -0.2) is 6.04 Å². The van der Waals surface area contributed by atoms with Crippen LogP contribution in [0.1, 0.15) is 36.0 Å². The van der Waals surface area contributed by atoms with E-state index in [4.69, 9.17) is 5.73 Å². The van der Waals surface area contributed by atoms with Crippen LogP contribution in [0.15, 0.2) is 54.6 Å². The van der Waals surface area contributed by atoms with E-state index in [1.165, 1.54) is 23.1 Å². The summed E-state index contributed by atoms with van der Waals surface area (Å²) in [5, 5.41) is 0. The minimum absolute atomic E-state index is 0.319. The molecule has 20 heavy (non-hydrogen) atoms. The van der Waals surface area contributed by atoms with Gasteiger partial charge in [0.05, 0.1) is 0 Å². The fourth-order valence-corrected chi connectivity index (χ4v) is 2.58. The molecule has 1 unspecified atom stereocenters. The molecule has 1 heteroatoms. The van der Waals surface area contributed by atoms with Crippen LogP contribution in [0.4, 0.5) is 0 Å². The Bertz CT molecular complexity index is 504. The van der Waals surface area contributed by atoms with Gasteiger partial charge in [-0.1, -0.05) is 60.2 Å². The van der Waals surface area contributed by atoms with Gasteiger partial charge in [0.25, 0.3) is 0 Å². The SMILES string of the molecule is Cc1cccc(CCC(N)CCCc2ccccc2)c1. The maximum Gasteiger partial charge on any atom is 0.00421 e. The second kappa shape index (κ2) is 7.86. The summed E-state index contributed by atoms with van der Waals surface area (Å²) in [5.41, 5.74) is 10.4. The molecule has 0 amide bonds. The first-order chi connectivity index (χ1) is 9.74. The van der Waals surface area contributed by atoms with Crippen LogP contribution in [0.25, 0.3) is 0 Å². The van der Waals surface area contributed by atoms with E-state index in [9.17, 15) is 0 Å². The molecule has 2 rings (SSSR count). The lowest BCUT2D eigenvalue weighted by molar-refractivity contribution is 0.546. The van der Waals surface area contributed by atoms with Crippen molar-refractivity contribution < 1.29 is 0 Å². The van der Waals surface area contributed by atoms with Crippen LogP contribution < -0.4 is 5.73 Å². The Hall–Kier alpha value is -1.60. The first kappa shape index (κ1) is 14.8. The van der Waals surface area contributed by atoms with Gasteiger partial charge in [0.1, 0.15) is 0 Å². The maximum absolute atomic E-state index is 6.22. The topological polar surface area (TPSA) is 26.0 Å². The molecular formula is C19H25N. The molecule has 0 spiro atoms. The number of hydrogen-bond acceptors (Lipinski definition) is 1. The molecular weight excluding hydrogens is 242 g/mol. The Morgan fingerprint density at radius 2 is 1.60 bits per heavy atom. The van der Waals surface area contributed by atoms with Gasteiger partial charge in [-0.3, -0.25) is 0 Å².